The smallest absolute Gasteiger partial charge is 0.339 e. The molecule has 1 amide bonds. The van der Waals surface area contributed by atoms with Crippen molar-refractivity contribution >= 4 is 27.2 Å². The van der Waals surface area contributed by atoms with Gasteiger partial charge in [-0.2, -0.15) is 18.2 Å². The number of amides is 1. The van der Waals surface area contributed by atoms with Gasteiger partial charge in [-0.3, -0.25) is 9.59 Å². The van der Waals surface area contributed by atoms with E-state index in [0.29, 0.717) is 22.8 Å². The van der Waals surface area contributed by atoms with Gasteiger partial charge in [-0.15, -0.1) is 0 Å². The lowest BCUT2D eigenvalue weighted by Gasteiger charge is -2.24. The number of rotatable bonds is 8. The summed E-state index contributed by atoms with van der Waals surface area (Å²) in [6.45, 7) is 1.62. The van der Waals surface area contributed by atoms with Crippen LogP contribution >= 0.6 is 0 Å². The van der Waals surface area contributed by atoms with Crippen molar-refractivity contribution < 1.29 is 35.7 Å². The maximum absolute atomic E-state index is 13.2. The van der Waals surface area contributed by atoms with E-state index in [9.17, 15) is 31.2 Å². The summed E-state index contributed by atoms with van der Waals surface area (Å²) < 4.78 is 68.1. The highest BCUT2D eigenvalue weighted by molar-refractivity contribution is 7.91. The van der Waals surface area contributed by atoms with Gasteiger partial charge >= 0.3 is 6.18 Å². The number of fused-ring (bicyclic) bond motifs is 1. The first-order chi connectivity index (χ1) is 17.8. The zero-order valence-corrected chi connectivity index (χ0v) is 21.2. The Morgan fingerprint density at radius 1 is 1.16 bits per heavy atom. The number of aromatic nitrogens is 2. The molecule has 0 saturated heterocycles. The molecule has 0 aliphatic carbocycles. The molecule has 1 aliphatic rings. The van der Waals surface area contributed by atoms with Crippen LogP contribution in [0.5, 0.6) is 0 Å². The van der Waals surface area contributed by atoms with Crippen molar-refractivity contribution in [2.75, 3.05) is 10.7 Å². The van der Waals surface area contributed by atoms with Gasteiger partial charge in [0.15, 0.2) is 15.6 Å². The second-order valence-electron chi connectivity index (χ2n) is 9.07. The number of nitrogens with zero attached hydrogens (tertiary/aromatic N) is 3. The molecule has 0 spiro atoms. The fraction of sp³-hybridized carbons (Fsp3) is 0.360. The summed E-state index contributed by atoms with van der Waals surface area (Å²) in [5.74, 6) is -0.905. The number of anilines is 1. The number of Topliss-reactive ketones (excluding diaryl/α,β-unsaturated/α-hetero) is 1. The molecule has 2 aromatic carbocycles. The van der Waals surface area contributed by atoms with Gasteiger partial charge in [-0.1, -0.05) is 29.4 Å². The zero-order chi connectivity index (χ0) is 27.7. The molecule has 0 bridgehead atoms. The summed E-state index contributed by atoms with van der Waals surface area (Å²) >= 11 is 0. The van der Waals surface area contributed by atoms with Crippen LogP contribution < -0.4 is 10.6 Å². The Hall–Kier alpha value is -3.58. The third kappa shape index (κ3) is 6.27. The van der Waals surface area contributed by atoms with Crippen molar-refractivity contribution in [2.45, 2.75) is 56.3 Å². The van der Waals surface area contributed by atoms with E-state index in [1.807, 2.05) is 0 Å². The van der Waals surface area contributed by atoms with Crippen LogP contribution in [0.1, 0.15) is 47.5 Å². The predicted octanol–water partition coefficient (Wildman–Crippen LogP) is 4.00. The standard InChI is InChI=1S/C25H25F3N4O5S/c1-15-30-23(31-37-15)17-7-5-16(6-8-17)13-32-20-12-18(21(33)4-2-3-11-25(26,27)28)9-10-22(20)38(35,36)14-19(29)24(32)34/h5-10,12,19H,2-4,11,13-14,29H2,1H3/t19-/m0/s1. The van der Waals surface area contributed by atoms with Gasteiger partial charge < -0.3 is 15.2 Å². The van der Waals surface area contributed by atoms with E-state index in [-0.39, 0.29) is 42.0 Å². The van der Waals surface area contributed by atoms with Crippen molar-refractivity contribution in [1.82, 2.24) is 10.1 Å². The zero-order valence-electron chi connectivity index (χ0n) is 20.4. The van der Waals surface area contributed by atoms with Gasteiger partial charge in [-0.05, 0) is 36.6 Å². The van der Waals surface area contributed by atoms with E-state index in [2.05, 4.69) is 10.1 Å². The molecule has 2 N–H and O–H groups in total. The Labute approximate surface area is 216 Å². The van der Waals surface area contributed by atoms with Gasteiger partial charge in [0.2, 0.25) is 17.6 Å². The monoisotopic (exact) mass is 550 g/mol. The molecule has 0 saturated carbocycles. The average molecular weight is 551 g/mol. The summed E-state index contributed by atoms with van der Waals surface area (Å²) in [6.07, 6.45) is -5.62. The maximum atomic E-state index is 13.2. The number of halogens is 3. The minimum absolute atomic E-state index is 0.00182. The first-order valence-corrected chi connectivity index (χ1v) is 13.4. The molecule has 1 aromatic heterocycles. The lowest BCUT2D eigenvalue weighted by atomic mass is 10.0. The SMILES string of the molecule is Cc1nc(-c2ccc(CN3C(=O)[C@@H](N)CS(=O)(=O)c4ccc(C(=O)CCCCC(F)(F)F)cc43)cc2)no1. The van der Waals surface area contributed by atoms with Gasteiger partial charge in [0.25, 0.3) is 0 Å². The fourth-order valence-corrected chi connectivity index (χ4v) is 5.72. The minimum atomic E-state index is -4.30. The fourth-order valence-electron chi connectivity index (χ4n) is 4.16. The molecule has 3 aromatic rings. The lowest BCUT2D eigenvalue weighted by Crippen LogP contribution is -2.45. The number of sulfone groups is 1. The second-order valence-corrected chi connectivity index (χ2v) is 11.1. The predicted molar refractivity (Wildman–Crippen MR) is 131 cm³/mol. The first-order valence-electron chi connectivity index (χ1n) is 11.8. The third-order valence-corrected chi connectivity index (χ3v) is 7.90. The Bertz CT molecular complexity index is 1450. The normalized spacial score (nSPS) is 17.2. The highest BCUT2D eigenvalue weighted by Gasteiger charge is 2.36. The maximum Gasteiger partial charge on any atom is 0.389 e. The Balaban J connectivity index is 1.62. The van der Waals surface area contributed by atoms with E-state index in [4.69, 9.17) is 10.3 Å². The first kappa shape index (κ1) is 27.5. The Morgan fingerprint density at radius 3 is 2.50 bits per heavy atom. The summed E-state index contributed by atoms with van der Waals surface area (Å²) in [5, 5.41) is 3.85. The van der Waals surface area contributed by atoms with Gasteiger partial charge in [0.05, 0.1) is 28.9 Å². The van der Waals surface area contributed by atoms with Crippen LogP contribution in [0.2, 0.25) is 0 Å². The number of alkyl halides is 3. The van der Waals surface area contributed by atoms with Crippen molar-refractivity contribution in [3.05, 3.63) is 59.5 Å². The average Bonchev–Trinajstić information content (AvgIpc) is 3.27. The number of carbonyl (C=O) groups is 2. The van der Waals surface area contributed by atoms with E-state index in [1.54, 1.807) is 31.2 Å². The van der Waals surface area contributed by atoms with Crippen LogP contribution in [0, 0.1) is 6.92 Å². The number of nitrogens with two attached hydrogens (primary N) is 1. The van der Waals surface area contributed by atoms with E-state index in [1.165, 1.54) is 23.1 Å². The molecule has 13 heteroatoms. The highest BCUT2D eigenvalue weighted by Crippen LogP contribution is 2.33. The summed E-state index contributed by atoms with van der Waals surface area (Å²) in [7, 11) is -3.96. The van der Waals surface area contributed by atoms with Crippen LogP contribution in [-0.4, -0.2) is 48.2 Å². The van der Waals surface area contributed by atoms with Crippen molar-refractivity contribution in [2.24, 2.45) is 5.73 Å². The number of benzene rings is 2. The Morgan fingerprint density at radius 2 is 1.87 bits per heavy atom. The van der Waals surface area contributed by atoms with Crippen molar-refractivity contribution in [3.63, 3.8) is 0 Å². The highest BCUT2D eigenvalue weighted by atomic mass is 32.2. The number of hydrogen-bond donors (Lipinski definition) is 1. The topological polar surface area (TPSA) is 136 Å². The molecule has 1 atom stereocenters. The van der Waals surface area contributed by atoms with Gasteiger partial charge in [0.1, 0.15) is 0 Å². The number of unbranched alkanes of at least 4 members (excludes halogenated alkanes) is 1. The van der Waals surface area contributed by atoms with Crippen LogP contribution in [-0.2, 0) is 21.2 Å². The van der Waals surface area contributed by atoms with Gasteiger partial charge in [0, 0.05) is 30.9 Å². The molecule has 0 fully saturated rings. The van der Waals surface area contributed by atoms with Crippen LogP contribution in [0.25, 0.3) is 11.4 Å². The lowest BCUT2D eigenvalue weighted by molar-refractivity contribution is -0.135. The van der Waals surface area contributed by atoms with Crippen LogP contribution in [0.15, 0.2) is 51.9 Å². The molecule has 38 heavy (non-hydrogen) atoms. The second kappa shape index (κ2) is 10.7. The largest absolute Gasteiger partial charge is 0.389 e. The van der Waals surface area contributed by atoms with Gasteiger partial charge in [-0.25, -0.2) is 8.42 Å². The number of ketones is 1. The molecule has 0 radical (unpaired) electrons. The van der Waals surface area contributed by atoms with E-state index in [0.717, 1.165) is 0 Å². The molecule has 2 heterocycles. The van der Waals surface area contributed by atoms with Crippen molar-refractivity contribution in [3.8, 4) is 11.4 Å². The molecule has 9 nitrogen and oxygen atoms in total. The molecular weight excluding hydrogens is 525 g/mol. The third-order valence-electron chi connectivity index (χ3n) is 6.08. The quantitative estimate of drug-likeness (QED) is 0.328. The molecule has 4 rings (SSSR count). The summed E-state index contributed by atoms with van der Waals surface area (Å²) in [4.78, 5) is 31.1. The summed E-state index contributed by atoms with van der Waals surface area (Å²) in [5.41, 5.74) is 7.35. The van der Waals surface area contributed by atoms with Crippen LogP contribution in [0.3, 0.4) is 0 Å². The summed E-state index contributed by atoms with van der Waals surface area (Å²) in [6, 6.07) is 9.41. The van der Waals surface area contributed by atoms with Crippen LogP contribution in [0.4, 0.5) is 18.9 Å². The van der Waals surface area contributed by atoms with Crippen molar-refractivity contribution in [1.29, 1.82) is 0 Å². The number of hydrogen-bond acceptors (Lipinski definition) is 8. The Kier molecular flexibility index (Phi) is 7.70. The molecule has 1 aliphatic heterocycles. The number of aryl methyl sites for hydroxylation is 1. The number of carbonyl (C=O) groups excluding carboxylic acids is 2. The van der Waals surface area contributed by atoms with E-state index >= 15 is 0 Å². The van der Waals surface area contributed by atoms with E-state index < -0.39 is 45.9 Å². The molecule has 0 unspecified atom stereocenters. The minimum Gasteiger partial charge on any atom is -0.339 e. The molecule has 202 valence electrons. The molecular formula is C25H25F3N4O5S.